The van der Waals surface area contributed by atoms with Crippen molar-refractivity contribution < 1.29 is 4.79 Å². The van der Waals surface area contributed by atoms with Crippen LogP contribution in [0.3, 0.4) is 0 Å². The number of amides is 1. The molecule has 2 unspecified atom stereocenters. The zero-order chi connectivity index (χ0) is 15.9. The van der Waals surface area contributed by atoms with Crippen molar-refractivity contribution in [2.24, 2.45) is 5.92 Å². The Morgan fingerprint density at radius 1 is 1.09 bits per heavy atom. The lowest BCUT2D eigenvalue weighted by Gasteiger charge is -2.26. The maximum absolute atomic E-state index is 12.6. The molecule has 2 aromatic rings. The van der Waals surface area contributed by atoms with Crippen molar-refractivity contribution in [2.75, 3.05) is 13.1 Å². The molecule has 1 fully saturated rings. The van der Waals surface area contributed by atoms with Crippen molar-refractivity contribution in [3.63, 3.8) is 0 Å². The summed E-state index contributed by atoms with van der Waals surface area (Å²) in [6.45, 7) is 1.81. The summed E-state index contributed by atoms with van der Waals surface area (Å²) >= 11 is 0. The molecular weight excluding hydrogens is 284 g/mol. The van der Waals surface area contributed by atoms with Crippen molar-refractivity contribution in [3.8, 4) is 0 Å². The first kappa shape index (κ1) is 15.8. The van der Waals surface area contributed by atoms with E-state index in [4.69, 9.17) is 0 Å². The molecule has 0 bridgehead atoms. The Kier molecular flexibility index (Phi) is 5.43. The number of benzene rings is 2. The van der Waals surface area contributed by atoms with Crippen LogP contribution in [-0.4, -0.2) is 19.0 Å². The number of carbonyl (C=O) groups is 1. The molecule has 120 valence electrons. The minimum Gasteiger partial charge on any atom is -0.349 e. The number of carbonyl (C=O) groups excluding carboxylic acids is 1. The van der Waals surface area contributed by atoms with E-state index >= 15 is 0 Å². The standard InChI is InChI=1S/C20H24N2O/c23-20(18-12-7-13-21-15-18)22-19(17-10-5-2-6-11-17)14-16-8-3-1-4-9-16/h1-6,8-11,18-19,21H,7,12-15H2,(H,22,23). The van der Waals surface area contributed by atoms with Gasteiger partial charge < -0.3 is 10.6 Å². The molecule has 1 saturated heterocycles. The fourth-order valence-corrected chi connectivity index (χ4v) is 3.15. The highest BCUT2D eigenvalue weighted by atomic mass is 16.2. The monoisotopic (exact) mass is 308 g/mol. The van der Waals surface area contributed by atoms with E-state index in [1.54, 1.807) is 0 Å². The molecule has 0 aliphatic carbocycles. The smallest absolute Gasteiger partial charge is 0.224 e. The van der Waals surface area contributed by atoms with Gasteiger partial charge >= 0.3 is 0 Å². The van der Waals surface area contributed by atoms with Gasteiger partial charge in [-0.05, 0) is 36.9 Å². The Hall–Kier alpha value is -2.13. The summed E-state index contributed by atoms with van der Waals surface area (Å²) in [6, 6.07) is 20.6. The average molecular weight is 308 g/mol. The molecule has 3 nitrogen and oxygen atoms in total. The first-order valence-corrected chi connectivity index (χ1v) is 8.43. The number of piperidine rings is 1. The van der Waals surface area contributed by atoms with Gasteiger partial charge in [-0.25, -0.2) is 0 Å². The summed E-state index contributed by atoms with van der Waals surface area (Å²) < 4.78 is 0. The van der Waals surface area contributed by atoms with E-state index in [9.17, 15) is 4.79 Å². The van der Waals surface area contributed by atoms with Crippen molar-refractivity contribution in [1.82, 2.24) is 10.6 Å². The molecule has 23 heavy (non-hydrogen) atoms. The number of hydrogen-bond acceptors (Lipinski definition) is 2. The molecule has 2 atom stereocenters. The minimum atomic E-state index is 0.0213. The summed E-state index contributed by atoms with van der Waals surface area (Å²) in [5.41, 5.74) is 2.40. The molecule has 1 heterocycles. The van der Waals surface area contributed by atoms with Crippen LogP contribution >= 0.6 is 0 Å². The SMILES string of the molecule is O=C(NC(Cc1ccccc1)c1ccccc1)C1CCCNC1. The normalized spacial score (nSPS) is 19.0. The highest BCUT2D eigenvalue weighted by Gasteiger charge is 2.24. The Labute approximate surface area is 138 Å². The van der Waals surface area contributed by atoms with Gasteiger partial charge in [0.05, 0.1) is 12.0 Å². The molecule has 1 amide bonds. The molecule has 0 spiro atoms. The van der Waals surface area contributed by atoms with Crippen LogP contribution in [0.2, 0.25) is 0 Å². The minimum absolute atomic E-state index is 0.0213. The topological polar surface area (TPSA) is 41.1 Å². The van der Waals surface area contributed by atoms with Gasteiger partial charge in [-0.15, -0.1) is 0 Å². The average Bonchev–Trinajstić information content (AvgIpc) is 2.63. The summed E-state index contributed by atoms with van der Waals surface area (Å²) in [6.07, 6.45) is 2.87. The van der Waals surface area contributed by atoms with Crippen LogP contribution < -0.4 is 10.6 Å². The lowest BCUT2D eigenvalue weighted by atomic mass is 9.95. The van der Waals surface area contributed by atoms with E-state index in [2.05, 4.69) is 34.9 Å². The number of hydrogen-bond donors (Lipinski definition) is 2. The summed E-state index contributed by atoms with van der Waals surface area (Å²) in [7, 11) is 0. The molecule has 1 aliphatic heterocycles. The van der Waals surface area contributed by atoms with Crippen LogP contribution in [0.1, 0.15) is 30.0 Å². The van der Waals surface area contributed by atoms with Crippen molar-refractivity contribution >= 4 is 5.91 Å². The predicted octanol–water partition coefficient (Wildman–Crippen LogP) is 3.09. The first-order chi connectivity index (χ1) is 11.3. The Bertz CT molecular complexity index is 606. The van der Waals surface area contributed by atoms with E-state index in [-0.39, 0.29) is 17.9 Å². The quantitative estimate of drug-likeness (QED) is 0.891. The zero-order valence-corrected chi connectivity index (χ0v) is 13.4. The van der Waals surface area contributed by atoms with Gasteiger partial charge in [-0.1, -0.05) is 60.7 Å². The molecular formula is C20H24N2O. The second-order valence-corrected chi connectivity index (χ2v) is 6.20. The third-order valence-corrected chi connectivity index (χ3v) is 4.47. The van der Waals surface area contributed by atoms with E-state index in [1.807, 2.05) is 36.4 Å². The fourth-order valence-electron chi connectivity index (χ4n) is 3.15. The lowest BCUT2D eigenvalue weighted by molar-refractivity contribution is -0.126. The van der Waals surface area contributed by atoms with Gasteiger partial charge in [0, 0.05) is 6.54 Å². The van der Waals surface area contributed by atoms with Gasteiger partial charge in [0.2, 0.25) is 5.91 Å². The van der Waals surface area contributed by atoms with Gasteiger partial charge in [-0.3, -0.25) is 4.79 Å². The van der Waals surface area contributed by atoms with E-state index < -0.39 is 0 Å². The largest absolute Gasteiger partial charge is 0.349 e. The second kappa shape index (κ2) is 7.93. The summed E-state index contributed by atoms with van der Waals surface area (Å²) in [4.78, 5) is 12.6. The third kappa shape index (κ3) is 4.42. The van der Waals surface area contributed by atoms with Crippen LogP contribution in [0.5, 0.6) is 0 Å². The van der Waals surface area contributed by atoms with Crippen LogP contribution in [0, 0.1) is 5.92 Å². The van der Waals surface area contributed by atoms with Crippen LogP contribution in [0.15, 0.2) is 60.7 Å². The Morgan fingerprint density at radius 2 is 1.78 bits per heavy atom. The number of nitrogens with one attached hydrogen (secondary N) is 2. The second-order valence-electron chi connectivity index (χ2n) is 6.20. The number of rotatable bonds is 5. The van der Waals surface area contributed by atoms with Crippen molar-refractivity contribution in [1.29, 1.82) is 0 Å². The fraction of sp³-hybridized carbons (Fsp3) is 0.350. The zero-order valence-electron chi connectivity index (χ0n) is 13.4. The van der Waals surface area contributed by atoms with Gasteiger partial charge in [0.25, 0.3) is 0 Å². The van der Waals surface area contributed by atoms with Crippen LogP contribution in [0.4, 0.5) is 0 Å². The Morgan fingerprint density at radius 3 is 2.43 bits per heavy atom. The molecule has 3 heteroatoms. The van der Waals surface area contributed by atoms with E-state index in [1.165, 1.54) is 5.56 Å². The highest BCUT2D eigenvalue weighted by molar-refractivity contribution is 5.79. The first-order valence-electron chi connectivity index (χ1n) is 8.43. The molecule has 3 rings (SSSR count). The van der Waals surface area contributed by atoms with Crippen LogP contribution in [0.25, 0.3) is 0 Å². The maximum Gasteiger partial charge on any atom is 0.224 e. The molecule has 0 aromatic heterocycles. The van der Waals surface area contributed by atoms with Gasteiger partial charge in [-0.2, -0.15) is 0 Å². The maximum atomic E-state index is 12.6. The van der Waals surface area contributed by atoms with E-state index in [0.29, 0.717) is 0 Å². The Balaban J connectivity index is 1.73. The molecule has 1 aliphatic rings. The van der Waals surface area contributed by atoms with Crippen molar-refractivity contribution in [2.45, 2.75) is 25.3 Å². The molecule has 0 radical (unpaired) electrons. The molecule has 0 saturated carbocycles. The lowest BCUT2D eigenvalue weighted by Crippen LogP contribution is -2.42. The highest BCUT2D eigenvalue weighted by Crippen LogP contribution is 2.20. The van der Waals surface area contributed by atoms with Gasteiger partial charge in [0.15, 0.2) is 0 Å². The van der Waals surface area contributed by atoms with Crippen LogP contribution in [-0.2, 0) is 11.2 Å². The van der Waals surface area contributed by atoms with Gasteiger partial charge in [0.1, 0.15) is 0 Å². The molecule has 2 aromatic carbocycles. The summed E-state index contributed by atoms with van der Waals surface area (Å²) in [5, 5.41) is 6.59. The predicted molar refractivity (Wildman–Crippen MR) is 93.1 cm³/mol. The molecule has 2 N–H and O–H groups in total. The van der Waals surface area contributed by atoms with E-state index in [0.717, 1.165) is 37.9 Å². The third-order valence-electron chi connectivity index (χ3n) is 4.47. The summed E-state index contributed by atoms with van der Waals surface area (Å²) in [5.74, 6) is 0.257. The van der Waals surface area contributed by atoms with Crippen molar-refractivity contribution in [3.05, 3.63) is 71.8 Å².